The first kappa shape index (κ1) is 13.5. The van der Waals surface area contributed by atoms with Gasteiger partial charge in [0.25, 0.3) is 0 Å². The first-order valence-electron chi connectivity index (χ1n) is 5.54. The van der Waals surface area contributed by atoms with Gasteiger partial charge in [-0.15, -0.1) is 24.0 Å². The Hall–Kier alpha value is -0.530. The number of hydrogen-bond acceptors (Lipinski definition) is 4. The highest BCUT2D eigenvalue weighted by Gasteiger charge is 2.19. The Morgan fingerprint density at radius 1 is 1.38 bits per heavy atom. The van der Waals surface area contributed by atoms with E-state index in [9.17, 15) is 4.79 Å². The summed E-state index contributed by atoms with van der Waals surface area (Å²) in [6.45, 7) is 3.99. The predicted octanol–water partition coefficient (Wildman–Crippen LogP) is 0.118. The molecule has 2 aliphatic rings. The summed E-state index contributed by atoms with van der Waals surface area (Å²) in [5.41, 5.74) is 0. The quantitative estimate of drug-likeness (QED) is 0.728. The van der Waals surface area contributed by atoms with Crippen LogP contribution in [0.25, 0.3) is 0 Å². The molecular formula is C10H19IN4O. The lowest BCUT2D eigenvalue weighted by Crippen LogP contribution is -2.42. The largest absolute Gasteiger partial charge is 0.347 e. The minimum atomic E-state index is 0. The molecule has 1 saturated heterocycles. The highest BCUT2D eigenvalue weighted by atomic mass is 127. The van der Waals surface area contributed by atoms with Crippen molar-refractivity contribution in [2.24, 2.45) is 4.99 Å². The minimum Gasteiger partial charge on any atom is -0.347 e. The zero-order chi connectivity index (χ0) is 10.7. The fourth-order valence-corrected chi connectivity index (χ4v) is 1.96. The number of aliphatic imine (C=N–C) groups is 1. The van der Waals surface area contributed by atoms with Crippen molar-refractivity contribution < 1.29 is 4.79 Å². The number of halogens is 1. The van der Waals surface area contributed by atoms with Crippen LogP contribution in [0.5, 0.6) is 0 Å². The van der Waals surface area contributed by atoms with E-state index in [1.165, 1.54) is 0 Å². The molecule has 0 aromatic rings. The topological polar surface area (TPSA) is 47.9 Å². The summed E-state index contributed by atoms with van der Waals surface area (Å²) < 4.78 is 0. The monoisotopic (exact) mass is 338 g/mol. The number of guanidine groups is 1. The van der Waals surface area contributed by atoms with Crippen molar-refractivity contribution >= 4 is 35.8 Å². The number of carbonyl (C=O) groups is 1. The minimum absolute atomic E-state index is 0. The van der Waals surface area contributed by atoms with E-state index in [0.717, 1.165) is 45.0 Å². The third kappa shape index (κ3) is 3.23. The summed E-state index contributed by atoms with van der Waals surface area (Å²) in [7, 11) is 1.99. The van der Waals surface area contributed by atoms with E-state index in [1.54, 1.807) is 0 Å². The van der Waals surface area contributed by atoms with E-state index >= 15 is 0 Å². The molecule has 1 fully saturated rings. The van der Waals surface area contributed by atoms with E-state index in [0.29, 0.717) is 6.54 Å². The van der Waals surface area contributed by atoms with E-state index in [2.05, 4.69) is 10.3 Å². The molecule has 0 aliphatic carbocycles. The summed E-state index contributed by atoms with van der Waals surface area (Å²) in [6, 6.07) is 0. The number of rotatable bonds is 2. The summed E-state index contributed by atoms with van der Waals surface area (Å²) >= 11 is 0. The molecule has 0 radical (unpaired) electrons. The Labute approximate surface area is 113 Å². The van der Waals surface area contributed by atoms with Gasteiger partial charge in [-0.1, -0.05) is 0 Å². The Bertz CT molecular complexity index is 276. The number of likely N-dealkylation sites (tertiary alicyclic amines) is 1. The molecule has 0 aromatic carbocycles. The molecule has 2 aliphatic heterocycles. The molecular weight excluding hydrogens is 319 g/mol. The Morgan fingerprint density at radius 2 is 2.06 bits per heavy atom. The lowest BCUT2D eigenvalue weighted by Gasteiger charge is -2.18. The number of nitrogens with zero attached hydrogens (tertiary/aromatic N) is 3. The van der Waals surface area contributed by atoms with Crippen LogP contribution >= 0.6 is 24.0 Å². The second-order valence-corrected chi connectivity index (χ2v) is 4.07. The van der Waals surface area contributed by atoms with Crippen LogP contribution in [0.3, 0.4) is 0 Å². The van der Waals surface area contributed by atoms with Gasteiger partial charge in [0.05, 0.1) is 13.1 Å². The van der Waals surface area contributed by atoms with Crippen molar-refractivity contribution in [3.63, 3.8) is 0 Å². The number of nitrogens with one attached hydrogen (secondary N) is 1. The zero-order valence-corrected chi connectivity index (χ0v) is 11.9. The van der Waals surface area contributed by atoms with E-state index in [1.807, 2.05) is 16.8 Å². The molecule has 16 heavy (non-hydrogen) atoms. The van der Waals surface area contributed by atoms with Gasteiger partial charge in [0.2, 0.25) is 5.91 Å². The Kier molecular flexibility index (Phi) is 5.30. The zero-order valence-electron chi connectivity index (χ0n) is 9.61. The lowest BCUT2D eigenvalue weighted by atomic mass is 10.4. The fraction of sp³-hybridized carbons (Fsp3) is 0.800. The van der Waals surface area contributed by atoms with Crippen LogP contribution in [-0.2, 0) is 4.79 Å². The number of hydrogen-bond donors (Lipinski definition) is 1. The molecule has 5 nitrogen and oxygen atoms in total. The van der Waals surface area contributed by atoms with Crippen LogP contribution < -0.4 is 5.32 Å². The molecule has 1 N–H and O–H groups in total. The maximum absolute atomic E-state index is 11.7. The Balaban J connectivity index is 0.00000128. The summed E-state index contributed by atoms with van der Waals surface area (Å²) in [5, 5.41) is 3.09. The van der Waals surface area contributed by atoms with Gasteiger partial charge in [-0.25, -0.2) is 0 Å². The van der Waals surface area contributed by atoms with Gasteiger partial charge >= 0.3 is 0 Å². The third-order valence-electron chi connectivity index (χ3n) is 2.92. The van der Waals surface area contributed by atoms with Crippen LogP contribution in [0.4, 0.5) is 0 Å². The summed E-state index contributed by atoms with van der Waals surface area (Å²) in [4.78, 5) is 19.9. The number of likely N-dealkylation sites (N-methyl/N-ethyl adjacent to an activating group) is 1. The van der Waals surface area contributed by atoms with Gasteiger partial charge < -0.3 is 15.1 Å². The number of amides is 1. The summed E-state index contributed by atoms with van der Waals surface area (Å²) in [5.74, 6) is 1.04. The van der Waals surface area contributed by atoms with Crippen LogP contribution in [-0.4, -0.2) is 61.4 Å². The standard InChI is InChI=1S/C10H18N4O.HI/c1-13-7-4-11-10(13)12-8-9(15)14-5-2-3-6-14;/h2-8H2,1H3,(H,11,12);1H. The average Bonchev–Trinajstić information content (AvgIpc) is 2.85. The van der Waals surface area contributed by atoms with E-state index < -0.39 is 0 Å². The van der Waals surface area contributed by atoms with Crippen molar-refractivity contribution in [1.82, 2.24) is 15.1 Å². The molecule has 0 atom stereocenters. The Morgan fingerprint density at radius 3 is 2.62 bits per heavy atom. The highest BCUT2D eigenvalue weighted by Crippen LogP contribution is 2.06. The van der Waals surface area contributed by atoms with Crippen molar-refractivity contribution in [1.29, 1.82) is 0 Å². The first-order chi connectivity index (χ1) is 7.27. The average molecular weight is 338 g/mol. The highest BCUT2D eigenvalue weighted by molar-refractivity contribution is 14.0. The molecule has 0 bridgehead atoms. The third-order valence-corrected chi connectivity index (χ3v) is 2.92. The maximum Gasteiger partial charge on any atom is 0.241 e. The second kappa shape index (κ2) is 6.27. The molecule has 2 rings (SSSR count). The molecule has 6 heteroatoms. The second-order valence-electron chi connectivity index (χ2n) is 4.07. The first-order valence-corrected chi connectivity index (χ1v) is 5.54. The van der Waals surface area contributed by atoms with Crippen LogP contribution in [0.15, 0.2) is 4.99 Å². The van der Waals surface area contributed by atoms with Crippen molar-refractivity contribution in [3.05, 3.63) is 0 Å². The molecule has 0 aromatic heterocycles. The summed E-state index contributed by atoms with van der Waals surface area (Å²) in [6.07, 6.45) is 2.29. The smallest absolute Gasteiger partial charge is 0.241 e. The van der Waals surface area contributed by atoms with E-state index in [-0.39, 0.29) is 29.9 Å². The van der Waals surface area contributed by atoms with Crippen LogP contribution in [0.1, 0.15) is 12.8 Å². The van der Waals surface area contributed by atoms with Gasteiger partial charge in [0.15, 0.2) is 5.96 Å². The van der Waals surface area contributed by atoms with Crippen LogP contribution in [0, 0.1) is 0 Å². The molecule has 0 saturated carbocycles. The maximum atomic E-state index is 11.7. The van der Waals surface area contributed by atoms with Crippen molar-refractivity contribution in [2.45, 2.75) is 12.8 Å². The van der Waals surface area contributed by atoms with Crippen molar-refractivity contribution in [3.8, 4) is 0 Å². The normalized spacial score (nSPS) is 19.4. The molecule has 92 valence electrons. The fourth-order valence-electron chi connectivity index (χ4n) is 1.96. The molecule has 0 spiro atoms. The number of carbonyl (C=O) groups excluding carboxylic acids is 1. The lowest BCUT2D eigenvalue weighted by molar-refractivity contribution is -0.128. The van der Waals surface area contributed by atoms with Crippen molar-refractivity contribution in [2.75, 3.05) is 39.8 Å². The van der Waals surface area contributed by atoms with Gasteiger partial charge in [-0.2, -0.15) is 0 Å². The van der Waals surface area contributed by atoms with Crippen LogP contribution in [0.2, 0.25) is 0 Å². The van der Waals surface area contributed by atoms with Gasteiger partial charge in [0.1, 0.15) is 0 Å². The SMILES string of the molecule is CN1CCN=C1NCC(=O)N1CCCC1.I. The van der Waals surface area contributed by atoms with Gasteiger partial charge in [-0.3, -0.25) is 9.79 Å². The van der Waals surface area contributed by atoms with E-state index in [4.69, 9.17) is 0 Å². The molecule has 0 unspecified atom stereocenters. The molecule has 2 heterocycles. The van der Waals surface area contributed by atoms with Gasteiger partial charge in [0, 0.05) is 26.7 Å². The van der Waals surface area contributed by atoms with Gasteiger partial charge in [-0.05, 0) is 12.8 Å². The predicted molar refractivity (Wildman–Crippen MR) is 74.2 cm³/mol. The molecule has 1 amide bonds.